The van der Waals surface area contributed by atoms with E-state index in [4.69, 9.17) is 0 Å². The first-order chi connectivity index (χ1) is 7.31. The summed E-state index contributed by atoms with van der Waals surface area (Å²) in [5.41, 5.74) is 0. The summed E-state index contributed by atoms with van der Waals surface area (Å²) < 4.78 is 0. The van der Waals surface area contributed by atoms with Crippen molar-refractivity contribution in [2.45, 2.75) is 13.0 Å². The highest BCUT2D eigenvalue weighted by atomic mass is 16.2. The van der Waals surface area contributed by atoms with Crippen LogP contribution in [-0.2, 0) is 4.79 Å². The van der Waals surface area contributed by atoms with Crippen LogP contribution in [0.4, 0.5) is 0 Å². The molecule has 1 amide bonds. The van der Waals surface area contributed by atoms with E-state index in [2.05, 4.69) is 22.1 Å². The van der Waals surface area contributed by atoms with Crippen LogP contribution in [0.15, 0.2) is 0 Å². The number of nitrogens with one attached hydrogen (secondary N) is 1. The van der Waals surface area contributed by atoms with Crippen LogP contribution in [0, 0.1) is 11.8 Å². The zero-order valence-electron chi connectivity index (χ0n) is 9.12. The molecule has 2 aliphatic heterocycles. The lowest BCUT2D eigenvalue weighted by Gasteiger charge is -2.42. The fourth-order valence-electron chi connectivity index (χ4n) is 2.01. The van der Waals surface area contributed by atoms with E-state index in [1.54, 1.807) is 6.92 Å². The molecule has 0 radical (unpaired) electrons. The van der Waals surface area contributed by atoms with Crippen LogP contribution in [-0.4, -0.2) is 61.0 Å². The van der Waals surface area contributed by atoms with Crippen molar-refractivity contribution < 1.29 is 4.79 Å². The van der Waals surface area contributed by atoms with Gasteiger partial charge in [0.25, 0.3) is 5.91 Å². The molecule has 4 heteroatoms. The monoisotopic (exact) mass is 207 g/mol. The van der Waals surface area contributed by atoms with Gasteiger partial charge < -0.3 is 10.2 Å². The molecule has 0 spiro atoms. The smallest absolute Gasteiger partial charge is 0.298 e. The molecule has 0 atom stereocenters. The molecule has 0 aliphatic carbocycles. The van der Waals surface area contributed by atoms with Crippen molar-refractivity contribution in [1.82, 2.24) is 15.1 Å². The number of carbonyl (C=O) groups is 1. The average molecular weight is 207 g/mol. The number of carbonyl (C=O) groups excluding carboxylic acids is 1. The lowest BCUT2D eigenvalue weighted by atomic mass is 10.1. The Bertz CT molecular complexity index is 293. The predicted octanol–water partition coefficient (Wildman–Crippen LogP) is -0.874. The maximum atomic E-state index is 11.5. The van der Waals surface area contributed by atoms with Gasteiger partial charge >= 0.3 is 0 Å². The molecular formula is C11H17N3O. The third kappa shape index (κ3) is 2.31. The van der Waals surface area contributed by atoms with Crippen LogP contribution in [0.25, 0.3) is 0 Å². The minimum Gasteiger partial charge on any atom is -0.329 e. The largest absolute Gasteiger partial charge is 0.329 e. The van der Waals surface area contributed by atoms with Gasteiger partial charge in [0.05, 0.1) is 0 Å². The maximum Gasteiger partial charge on any atom is 0.298 e. The summed E-state index contributed by atoms with van der Waals surface area (Å²) >= 11 is 0. The van der Waals surface area contributed by atoms with E-state index in [0.717, 1.165) is 39.3 Å². The zero-order valence-corrected chi connectivity index (χ0v) is 9.12. The van der Waals surface area contributed by atoms with Gasteiger partial charge in [-0.2, -0.15) is 0 Å². The molecule has 1 N–H and O–H groups in total. The molecular weight excluding hydrogens is 190 g/mol. The second-order valence-electron chi connectivity index (χ2n) is 4.02. The van der Waals surface area contributed by atoms with Crippen molar-refractivity contribution in [2.24, 2.45) is 0 Å². The van der Waals surface area contributed by atoms with Crippen molar-refractivity contribution in [3.05, 3.63) is 0 Å². The Labute approximate surface area is 90.6 Å². The molecule has 82 valence electrons. The molecule has 0 aromatic carbocycles. The normalized spacial score (nSPS) is 22.9. The van der Waals surface area contributed by atoms with Crippen molar-refractivity contribution in [3.8, 4) is 11.8 Å². The van der Waals surface area contributed by atoms with Crippen LogP contribution < -0.4 is 5.32 Å². The van der Waals surface area contributed by atoms with Gasteiger partial charge in [-0.1, -0.05) is 5.92 Å². The SMILES string of the molecule is CC#CC(=O)N1CCN(C2CNC2)CC1. The highest BCUT2D eigenvalue weighted by Gasteiger charge is 2.28. The Morgan fingerprint density at radius 1 is 1.27 bits per heavy atom. The van der Waals surface area contributed by atoms with Gasteiger partial charge in [0.15, 0.2) is 0 Å². The van der Waals surface area contributed by atoms with E-state index in [0.29, 0.717) is 6.04 Å². The van der Waals surface area contributed by atoms with Gasteiger partial charge in [-0.15, -0.1) is 0 Å². The molecule has 0 aromatic heterocycles. The molecule has 0 bridgehead atoms. The molecule has 15 heavy (non-hydrogen) atoms. The molecule has 2 saturated heterocycles. The van der Waals surface area contributed by atoms with E-state index in [1.807, 2.05) is 4.90 Å². The van der Waals surface area contributed by atoms with Crippen molar-refractivity contribution in [3.63, 3.8) is 0 Å². The number of nitrogens with zero attached hydrogens (tertiary/aromatic N) is 2. The second kappa shape index (κ2) is 4.65. The number of piperazine rings is 1. The number of rotatable bonds is 1. The van der Waals surface area contributed by atoms with Crippen LogP contribution in [0.2, 0.25) is 0 Å². The lowest BCUT2D eigenvalue weighted by Crippen LogP contribution is -2.62. The molecule has 2 fully saturated rings. The molecule has 0 saturated carbocycles. The van der Waals surface area contributed by atoms with Crippen LogP contribution in [0.3, 0.4) is 0 Å². The van der Waals surface area contributed by atoms with Crippen molar-refractivity contribution in [2.75, 3.05) is 39.3 Å². The van der Waals surface area contributed by atoms with Gasteiger partial charge in [0.1, 0.15) is 0 Å². The topological polar surface area (TPSA) is 35.6 Å². The van der Waals surface area contributed by atoms with E-state index in [1.165, 1.54) is 0 Å². The Balaban J connectivity index is 1.80. The Hall–Kier alpha value is -1.05. The van der Waals surface area contributed by atoms with E-state index in [-0.39, 0.29) is 5.91 Å². The number of amides is 1. The highest BCUT2D eigenvalue weighted by molar-refractivity contribution is 5.93. The first-order valence-electron chi connectivity index (χ1n) is 5.47. The van der Waals surface area contributed by atoms with E-state index in [9.17, 15) is 4.79 Å². The van der Waals surface area contributed by atoms with Crippen molar-refractivity contribution >= 4 is 5.91 Å². The van der Waals surface area contributed by atoms with Gasteiger partial charge in [0, 0.05) is 45.3 Å². The fraction of sp³-hybridized carbons (Fsp3) is 0.727. The average Bonchev–Trinajstić information content (AvgIpc) is 2.16. The molecule has 0 aromatic rings. The van der Waals surface area contributed by atoms with Crippen molar-refractivity contribution in [1.29, 1.82) is 0 Å². The number of hydrogen-bond acceptors (Lipinski definition) is 3. The third-order valence-corrected chi connectivity index (χ3v) is 3.11. The predicted molar refractivity (Wildman–Crippen MR) is 58.3 cm³/mol. The molecule has 2 aliphatic rings. The number of hydrogen-bond donors (Lipinski definition) is 1. The lowest BCUT2D eigenvalue weighted by molar-refractivity contribution is -0.127. The van der Waals surface area contributed by atoms with E-state index >= 15 is 0 Å². The first-order valence-corrected chi connectivity index (χ1v) is 5.47. The van der Waals surface area contributed by atoms with Crippen LogP contribution in [0.1, 0.15) is 6.92 Å². The molecule has 2 heterocycles. The van der Waals surface area contributed by atoms with Gasteiger partial charge in [-0.3, -0.25) is 9.69 Å². The second-order valence-corrected chi connectivity index (χ2v) is 4.02. The summed E-state index contributed by atoms with van der Waals surface area (Å²) in [6, 6.07) is 0.694. The summed E-state index contributed by atoms with van der Waals surface area (Å²) in [6.45, 7) is 7.53. The fourth-order valence-corrected chi connectivity index (χ4v) is 2.01. The maximum absolute atomic E-state index is 11.5. The van der Waals surface area contributed by atoms with Crippen LogP contribution in [0.5, 0.6) is 0 Å². The standard InChI is InChI=1S/C11H17N3O/c1-2-3-11(15)14-6-4-13(5-7-14)10-8-12-9-10/h10,12H,4-9H2,1H3. The zero-order chi connectivity index (χ0) is 10.7. The molecule has 0 unspecified atom stereocenters. The highest BCUT2D eigenvalue weighted by Crippen LogP contribution is 2.09. The Morgan fingerprint density at radius 2 is 1.93 bits per heavy atom. The van der Waals surface area contributed by atoms with Crippen LogP contribution >= 0.6 is 0 Å². The first kappa shape index (κ1) is 10.5. The quantitative estimate of drug-likeness (QED) is 0.568. The van der Waals surface area contributed by atoms with Gasteiger partial charge in [-0.05, 0) is 12.8 Å². The summed E-state index contributed by atoms with van der Waals surface area (Å²) in [4.78, 5) is 15.8. The van der Waals surface area contributed by atoms with Gasteiger partial charge in [0.2, 0.25) is 0 Å². The minimum atomic E-state index is -0.0242. The Kier molecular flexibility index (Phi) is 3.24. The summed E-state index contributed by atoms with van der Waals surface area (Å²) in [5, 5.41) is 3.27. The summed E-state index contributed by atoms with van der Waals surface area (Å²) in [6.07, 6.45) is 0. The van der Waals surface area contributed by atoms with Gasteiger partial charge in [-0.25, -0.2) is 0 Å². The third-order valence-electron chi connectivity index (χ3n) is 3.11. The molecule has 4 nitrogen and oxygen atoms in total. The Morgan fingerprint density at radius 3 is 2.40 bits per heavy atom. The molecule has 2 rings (SSSR count). The summed E-state index contributed by atoms with van der Waals surface area (Å²) in [5.74, 6) is 5.23. The van der Waals surface area contributed by atoms with E-state index < -0.39 is 0 Å². The summed E-state index contributed by atoms with van der Waals surface area (Å²) in [7, 11) is 0. The minimum absolute atomic E-state index is 0.0242.